The second-order valence-corrected chi connectivity index (χ2v) is 3.44. The number of para-hydroxylation sites is 1. The van der Waals surface area contributed by atoms with Crippen LogP contribution in [0, 0.1) is 0 Å². The molecule has 0 amide bonds. The lowest BCUT2D eigenvalue weighted by Crippen LogP contribution is -2.09. The van der Waals surface area contributed by atoms with Crippen molar-refractivity contribution in [2.24, 2.45) is 10.9 Å². The SMILES string of the molecule is COc1cc(/C(=N/N)c2ccccc2O)ncn1. The standard InChI is InChI=1S/C12H12N4O2/c1-18-11-6-9(14-7-15-11)12(16-13)8-4-2-3-5-10(8)17/h2-7,17H,13H2,1H3/b16-12+. The van der Waals surface area contributed by atoms with Crippen LogP contribution in [0.25, 0.3) is 0 Å². The second kappa shape index (κ2) is 5.13. The third-order valence-corrected chi connectivity index (χ3v) is 2.38. The second-order valence-electron chi connectivity index (χ2n) is 3.44. The Labute approximate surface area is 104 Å². The zero-order valence-electron chi connectivity index (χ0n) is 9.74. The van der Waals surface area contributed by atoms with Gasteiger partial charge in [-0.05, 0) is 12.1 Å². The van der Waals surface area contributed by atoms with Crippen molar-refractivity contribution in [2.75, 3.05) is 7.11 Å². The van der Waals surface area contributed by atoms with Crippen LogP contribution in [0.15, 0.2) is 41.8 Å². The number of aromatic nitrogens is 2. The summed E-state index contributed by atoms with van der Waals surface area (Å²) in [4.78, 5) is 7.96. The molecule has 0 spiro atoms. The van der Waals surface area contributed by atoms with E-state index >= 15 is 0 Å². The maximum absolute atomic E-state index is 9.79. The Morgan fingerprint density at radius 1 is 1.33 bits per heavy atom. The van der Waals surface area contributed by atoms with Crippen LogP contribution in [0.5, 0.6) is 11.6 Å². The van der Waals surface area contributed by atoms with E-state index in [-0.39, 0.29) is 5.75 Å². The molecule has 0 aliphatic rings. The first-order valence-electron chi connectivity index (χ1n) is 5.19. The molecule has 3 N–H and O–H groups in total. The molecule has 18 heavy (non-hydrogen) atoms. The van der Waals surface area contributed by atoms with Gasteiger partial charge in [-0.25, -0.2) is 9.97 Å². The fraction of sp³-hybridized carbons (Fsp3) is 0.0833. The number of aromatic hydroxyl groups is 1. The zero-order chi connectivity index (χ0) is 13.0. The normalized spacial score (nSPS) is 11.3. The predicted molar refractivity (Wildman–Crippen MR) is 66.5 cm³/mol. The number of hydrazone groups is 1. The molecule has 2 rings (SSSR count). The first kappa shape index (κ1) is 11.8. The molecule has 6 heteroatoms. The fourth-order valence-electron chi connectivity index (χ4n) is 1.53. The Morgan fingerprint density at radius 2 is 2.11 bits per heavy atom. The number of nitrogens with zero attached hydrogens (tertiary/aromatic N) is 3. The highest BCUT2D eigenvalue weighted by molar-refractivity contribution is 6.13. The summed E-state index contributed by atoms with van der Waals surface area (Å²) in [5.74, 6) is 5.86. The molecule has 0 fully saturated rings. The lowest BCUT2D eigenvalue weighted by atomic mass is 10.1. The first-order valence-corrected chi connectivity index (χ1v) is 5.19. The van der Waals surface area contributed by atoms with E-state index in [1.54, 1.807) is 30.3 Å². The number of rotatable bonds is 3. The smallest absolute Gasteiger partial charge is 0.216 e. The lowest BCUT2D eigenvalue weighted by molar-refractivity contribution is 0.396. The third-order valence-electron chi connectivity index (χ3n) is 2.38. The molecule has 92 valence electrons. The van der Waals surface area contributed by atoms with Crippen LogP contribution in [0.2, 0.25) is 0 Å². The van der Waals surface area contributed by atoms with Gasteiger partial charge in [0.2, 0.25) is 5.88 Å². The largest absolute Gasteiger partial charge is 0.507 e. The van der Waals surface area contributed by atoms with E-state index in [0.29, 0.717) is 22.8 Å². The van der Waals surface area contributed by atoms with E-state index in [2.05, 4.69) is 15.1 Å². The summed E-state index contributed by atoms with van der Waals surface area (Å²) in [6.07, 6.45) is 1.35. The van der Waals surface area contributed by atoms with Gasteiger partial charge in [-0.15, -0.1) is 0 Å². The van der Waals surface area contributed by atoms with Crippen molar-refractivity contribution >= 4 is 5.71 Å². The maximum atomic E-state index is 9.79. The van der Waals surface area contributed by atoms with Gasteiger partial charge in [-0.3, -0.25) is 0 Å². The molecule has 1 aromatic carbocycles. The molecule has 1 aromatic heterocycles. The van der Waals surface area contributed by atoms with Crippen LogP contribution in [0.3, 0.4) is 0 Å². The van der Waals surface area contributed by atoms with Gasteiger partial charge in [-0.2, -0.15) is 5.10 Å². The van der Waals surface area contributed by atoms with Gasteiger partial charge >= 0.3 is 0 Å². The molecular weight excluding hydrogens is 232 g/mol. The van der Waals surface area contributed by atoms with Gasteiger partial charge in [-0.1, -0.05) is 12.1 Å². The topological polar surface area (TPSA) is 93.6 Å². The third kappa shape index (κ3) is 2.22. The predicted octanol–water partition coefficient (Wildman–Crippen LogP) is 0.902. The summed E-state index contributed by atoms with van der Waals surface area (Å²) in [6, 6.07) is 8.35. The quantitative estimate of drug-likeness (QED) is 0.475. The summed E-state index contributed by atoms with van der Waals surface area (Å²) in [7, 11) is 1.51. The van der Waals surface area contributed by atoms with E-state index < -0.39 is 0 Å². The van der Waals surface area contributed by atoms with E-state index in [1.807, 2.05) is 0 Å². The number of methoxy groups -OCH3 is 1. The fourth-order valence-corrected chi connectivity index (χ4v) is 1.53. The number of ether oxygens (including phenoxy) is 1. The average Bonchev–Trinajstić information content (AvgIpc) is 2.42. The van der Waals surface area contributed by atoms with Crippen LogP contribution in [-0.2, 0) is 0 Å². The summed E-state index contributed by atoms with van der Waals surface area (Å²) < 4.78 is 5.01. The Morgan fingerprint density at radius 3 is 2.78 bits per heavy atom. The van der Waals surface area contributed by atoms with Crippen LogP contribution in [0.4, 0.5) is 0 Å². The maximum Gasteiger partial charge on any atom is 0.216 e. The molecule has 0 aliphatic carbocycles. The van der Waals surface area contributed by atoms with Crippen molar-refractivity contribution in [2.45, 2.75) is 0 Å². The van der Waals surface area contributed by atoms with Crippen molar-refractivity contribution in [3.05, 3.63) is 47.9 Å². The number of hydrogen-bond acceptors (Lipinski definition) is 6. The highest BCUT2D eigenvalue weighted by Gasteiger charge is 2.13. The van der Waals surface area contributed by atoms with Gasteiger partial charge in [0.05, 0.1) is 12.8 Å². The van der Waals surface area contributed by atoms with Gasteiger partial charge in [0.15, 0.2) is 0 Å². The molecule has 1 heterocycles. The summed E-state index contributed by atoms with van der Waals surface area (Å²) >= 11 is 0. The Balaban J connectivity index is 2.50. The Hall–Kier alpha value is -2.63. The van der Waals surface area contributed by atoms with Crippen molar-refractivity contribution in [1.82, 2.24) is 9.97 Å². The van der Waals surface area contributed by atoms with Crippen molar-refractivity contribution in [3.63, 3.8) is 0 Å². The van der Waals surface area contributed by atoms with Crippen LogP contribution >= 0.6 is 0 Å². The highest BCUT2D eigenvalue weighted by Crippen LogP contribution is 2.20. The summed E-state index contributed by atoms with van der Waals surface area (Å²) in [5, 5.41) is 13.5. The Kier molecular flexibility index (Phi) is 3.38. The van der Waals surface area contributed by atoms with Gasteiger partial charge in [0, 0.05) is 11.6 Å². The average molecular weight is 244 g/mol. The van der Waals surface area contributed by atoms with Gasteiger partial charge in [0.25, 0.3) is 0 Å². The van der Waals surface area contributed by atoms with Gasteiger partial charge < -0.3 is 15.7 Å². The highest BCUT2D eigenvalue weighted by atomic mass is 16.5. The lowest BCUT2D eigenvalue weighted by Gasteiger charge is -2.07. The van der Waals surface area contributed by atoms with Crippen molar-refractivity contribution in [3.8, 4) is 11.6 Å². The van der Waals surface area contributed by atoms with Crippen molar-refractivity contribution in [1.29, 1.82) is 0 Å². The van der Waals surface area contributed by atoms with E-state index in [4.69, 9.17) is 10.6 Å². The number of nitrogens with two attached hydrogens (primary N) is 1. The molecule has 6 nitrogen and oxygen atoms in total. The molecule has 0 saturated heterocycles. The number of phenols is 1. The van der Waals surface area contributed by atoms with Crippen LogP contribution in [0.1, 0.15) is 11.3 Å². The molecule has 2 aromatic rings. The molecule has 0 atom stereocenters. The van der Waals surface area contributed by atoms with Crippen LogP contribution < -0.4 is 10.6 Å². The minimum atomic E-state index is 0.0827. The number of phenolic OH excluding ortho intramolecular Hbond substituents is 1. The molecule has 0 aliphatic heterocycles. The first-order chi connectivity index (χ1) is 8.76. The minimum Gasteiger partial charge on any atom is -0.507 e. The van der Waals surface area contributed by atoms with E-state index in [9.17, 15) is 5.11 Å². The monoisotopic (exact) mass is 244 g/mol. The van der Waals surface area contributed by atoms with Crippen molar-refractivity contribution < 1.29 is 9.84 Å². The Bertz CT molecular complexity index is 584. The summed E-state index contributed by atoms with van der Waals surface area (Å²) in [6.45, 7) is 0. The minimum absolute atomic E-state index is 0.0827. The molecule has 0 radical (unpaired) electrons. The van der Waals surface area contributed by atoms with Crippen LogP contribution in [-0.4, -0.2) is 27.9 Å². The molecular formula is C12H12N4O2. The number of benzene rings is 1. The molecule has 0 bridgehead atoms. The molecule has 0 saturated carbocycles. The number of hydrogen-bond donors (Lipinski definition) is 2. The summed E-state index contributed by atoms with van der Waals surface area (Å²) in [5.41, 5.74) is 1.35. The van der Waals surface area contributed by atoms with E-state index in [1.165, 1.54) is 13.4 Å². The van der Waals surface area contributed by atoms with E-state index in [0.717, 1.165) is 0 Å². The van der Waals surface area contributed by atoms with Gasteiger partial charge in [0.1, 0.15) is 17.8 Å². The molecule has 0 unspecified atom stereocenters. The zero-order valence-corrected chi connectivity index (χ0v) is 9.74.